The van der Waals surface area contributed by atoms with Gasteiger partial charge in [-0.1, -0.05) is 18.2 Å². The van der Waals surface area contributed by atoms with E-state index in [2.05, 4.69) is 6.08 Å². The van der Waals surface area contributed by atoms with Crippen molar-refractivity contribution in [1.82, 2.24) is 0 Å². The summed E-state index contributed by atoms with van der Waals surface area (Å²) < 4.78 is 18.1. The highest BCUT2D eigenvalue weighted by atomic mass is 19.1. The molecule has 14 heavy (non-hydrogen) atoms. The average molecular weight is 194 g/mol. The first kappa shape index (κ1) is 10.8. The van der Waals surface area contributed by atoms with Gasteiger partial charge in [0.15, 0.2) is 0 Å². The Kier molecular flexibility index (Phi) is 4.76. The van der Waals surface area contributed by atoms with Crippen LogP contribution in [0.2, 0.25) is 0 Å². The van der Waals surface area contributed by atoms with Crippen LogP contribution in [0.15, 0.2) is 36.4 Å². The molecule has 0 aliphatic rings. The molecule has 0 bridgehead atoms. The van der Waals surface area contributed by atoms with Crippen LogP contribution in [0.25, 0.3) is 0 Å². The second-order valence-corrected chi connectivity index (χ2v) is 3.02. The summed E-state index contributed by atoms with van der Waals surface area (Å²) in [7, 11) is 0. The summed E-state index contributed by atoms with van der Waals surface area (Å²) in [6.07, 6.45) is 6.07. The van der Waals surface area contributed by atoms with Crippen molar-refractivity contribution in [3.8, 4) is 5.75 Å². The predicted molar refractivity (Wildman–Crippen MR) is 55.9 cm³/mol. The van der Waals surface area contributed by atoms with E-state index in [1.165, 1.54) is 12.1 Å². The number of allylic oxidation sites excluding steroid dienone is 2. The summed E-state index contributed by atoms with van der Waals surface area (Å²) in [6, 6.07) is 6.22. The van der Waals surface area contributed by atoms with Crippen molar-refractivity contribution in [2.24, 2.45) is 0 Å². The molecule has 1 aromatic rings. The number of rotatable bonds is 5. The van der Waals surface area contributed by atoms with Gasteiger partial charge in [0.2, 0.25) is 0 Å². The lowest BCUT2D eigenvalue weighted by molar-refractivity contribution is 0.310. The van der Waals surface area contributed by atoms with E-state index in [9.17, 15) is 4.39 Å². The topological polar surface area (TPSA) is 9.23 Å². The summed E-state index contributed by atoms with van der Waals surface area (Å²) in [4.78, 5) is 0. The number of ether oxygens (including phenoxy) is 1. The number of halogens is 1. The van der Waals surface area contributed by atoms with Crippen LogP contribution < -0.4 is 4.74 Å². The minimum Gasteiger partial charge on any atom is -0.493 e. The monoisotopic (exact) mass is 194 g/mol. The molecule has 0 unspecified atom stereocenters. The Hall–Kier alpha value is -1.31. The zero-order valence-electron chi connectivity index (χ0n) is 8.37. The fraction of sp³-hybridized carbons (Fsp3) is 0.333. The predicted octanol–water partition coefficient (Wildman–Crippen LogP) is 3.56. The maximum Gasteiger partial charge on any atom is 0.126 e. The first-order valence-electron chi connectivity index (χ1n) is 4.82. The fourth-order valence-corrected chi connectivity index (χ4v) is 1.11. The van der Waals surface area contributed by atoms with Gasteiger partial charge in [0.05, 0.1) is 6.61 Å². The lowest BCUT2D eigenvalue weighted by atomic mass is 10.3. The van der Waals surface area contributed by atoms with Crippen LogP contribution >= 0.6 is 0 Å². The lowest BCUT2D eigenvalue weighted by Crippen LogP contribution is -1.96. The highest BCUT2D eigenvalue weighted by molar-refractivity contribution is 5.22. The van der Waals surface area contributed by atoms with Crippen LogP contribution in [0.4, 0.5) is 4.39 Å². The molecule has 0 aliphatic heterocycles. The summed E-state index contributed by atoms with van der Waals surface area (Å²) in [5.74, 6) is 0.349. The molecular weight excluding hydrogens is 179 g/mol. The smallest absolute Gasteiger partial charge is 0.126 e. The highest BCUT2D eigenvalue weighted by Crippen LogP contribution is 2.12. The van der Waals surface area contributed by atoms with Crippen molar-refractivity contribution < 1.29 is 9.13 Å². The molecule has 2 heteroatoms. The van der Waals surface area contributed by atoms with Gasteiger partial charge in [0.1, 0.15) is 11.6 Å². The number of hydrogen-bond acceptors (Lipinski definition) is 1. The molecule has 0 atom stereocenters. The van der Waals surface area contributed by atoms with E-state index in [1.807, 2.05) is 13.0 Å². The molecule has 1 nitrogen and oxygen atoms in total. The van der Waals surface area contributed by atoms with E-state index in [4.69, 9.17) is 4.74 Å². The lowest BCUT2D eigenvalue weighted by Gasteiger charge is -2.04. The molecule has 0 heterocycles. The molecule has 0 N–H and O–H groups in total. The first-order valence-corrected chi connectivity index (χ1v) is 4.82. The molecule has 0 saturated heterocycles. The average Bonchev–Trinajstić information content (AvgIpc) is 2.18. The first-order chi connectivity index (χ1) is 6.83. The van der Waals surface area contributed by atoms with Gasteiger partial charge in [-0.05, 0) is 31.9 Å². The van der Waals surface area contributed by atoms with Crippen LogP contribution in [0, 0.1) is 5.82 Å². The van der Waals surface area contributed by atoms with E-state index in [0.717, 1.165) is 12.8 Å². The van der Waals surface area contributed by atoms with E-state index in [1.54, 1.807) is 12.1 Å². The minimum atomic E-state index is -0.254. The molecule has 0 spiro atoms. The van der Waals surface area contributed by atoms with Gasteiger partial charge in [0.25, 0.3) is 0 Å². The van der Waals surface area contributed by atoms with Gasteiger partial charge >= 0.3 is 0 Å². The van der Waals surface area contributed by atoms with Crippen molar-refractivity contribution in [2.75, 3.05) is 6.61 Å². The molecule has 0 fully saturated rings. The minimum absolute atomic E-state index is 0.254. The van der Waals surface area contributed by atoms with Crippen LogP contribution in [-0.4, -0.2) is 6.61 Å². The molecule has 1 rings (SSSR count). The van der Waals surface area contributed by atoms with Crippen molar-refractivity contribution >= 4 is 0 Å². The van der Waals surface area contributed by atoms with Gasteiger partial charge < -0.3 is 4.74 Å². The van der Waals surface area contributed by atoms with Crippen LogP contribution in [0.3, 0.4) is 0 Å². The summed E-state index contributed by atoms with van der Waals surface area (Å²) in [6.45, 7) is 2.63. The fourth-order valence-electron chi connectivity index (χ4n) is 1.11. The maximum atomic E-state index is 12.7. The van der Waals surface area contributed by atoms with Crippen LogP contribution in [0.1, 0.15) is 19.8 Å². The highest BCUT2D eigenvalue weighted by Gasteiger charge is 1.94. The molecule has 0 aromatic heterocycles. The molecule has 0 aliphatic carbocycles. The Morgan fingerprint density at radius 2 is 2.29 bits per heavy atom. The molecule has 76 valence electrons. The quantitative estimate of drug-likeness (QED) is 0.514. The second-order valence-electron chi connectivity index (χ2n) is 3.02. The van der Waals surface area contributed by atoms with E-state index >= 15 is 0 Å². The van der Waals surface area contributed by atoms with Crippen molar-refractivity contribution in [2.45, 2.75) is 19.8 Å². The third-order valence-electron chi connectivity index (χ3n) is 1.82. The zero-order valence-corrected chi connectivity index (χ0v) is 8.37. The van der Waals surface area contributed by atoms with Crippen molar-refractivity contribution in [1.29, 1.82) is 0 Å². The van der Waals surface area contributed by atoms with Crippen molar-refractivity contribution in [3.05, 3.63) is 42.2 Å². The molecule has 1 aromatic carbocycles. The maximum absolute atomic E-state index is 12.7. The molecule has 0 amide bonds. The SMILES string of the molecule is C/C=C/CCCOc1cccc(F)c1. The second kappa shape index (κ2) is 6.19. The van der Waals surface area contributed by atoms with Gasteiger partial charge in [-0.25, -0.2) is 4.39 Å². The van der Waals surface area contributed by atoms with Crippen molar-refractivity contribution in [3.63, 3.8) is 0 Å². The summed E-state index contributed by atoms with van der Waals surface area (Å²) in [5, 5.41) is 0. The molecular formula is C12H15FO. The third kappa shape index (κ3) is 4.08. The molecule has 0 saturated carbocycles. The van der Waals surface area contributed by atoms with Crippen LogP contribution in [-0.2, 0) is 0 Å². The normalized spacial score (nSPS) is 10.7. The summed E-state index contributed by atoms with van der Waals surface area (Å²) in [5.41, 5.74) is 0. The third-order valence-corrected chi connectivity index (χ3v) is 1.82. The Morgan fingerprint density at radius 3 is 3.00 bits per heavy atom. The Labute approximate surface area is 84.2 Å². The number of unbranched alkanes of at least 4 members (excludes halogenated alkanes) is 1. The van der Waals surface area contributed by atoms with Gasteiger partial charge in [-0.2, -0.15) is 0 Å². The largest absolute Gasteiger partial charge is 0.493 e. The van der Waals surface area contributed by atoms with Gasteiger partial charge in [-0.15, -0.1) is 0 Å². The Balaban J connectivity index is 2.24. The van der Waals surface area contributed by atoms with E-state index < -0.39 is 0 Å². The number of hydrogen-bond donors (Lipinski definition) is 0. The standard InChI is InChI=1S/C12H15FO/c1-2-3-4-5-9-14-12-8-6-7-11(13)10-12/h2-3,6-8,10H,4-5,9H2,1H3/b3-2+. The van der Waals surface area contributed by atoms with E-state index in [-0.39, 0.29) is 5.82 Å². The number of benzene rings is 1. The zero-order chi connectivity index (χ0) is 10.2. The van der Waals surface area contributed by atoms with Gasteiger partial charge in [-0.3, -0.25) is 0 Å². The molecule has 0 radical (unpaired) electrons. The van der Waals surface area contributed by atoms with Crippen LogP contribution in [0.5, 0.6) is 5.75 Å². The Bertz CT molecular complexity index is 294. The van der Waals surface area contributed by atoms with E-state index in [0.29, 0.717) is 12.4 Å². The van der Waals surface area contributed by atoms with Gasteiger partial charge in [0, 0.05) is 6.07 Å². The summed E-state index contributed by atoms with van der Waals surface area (Å²) >= 11 is 0. The Morgan fingerprint density at radius 1 is 1.43 bits per heavy atom.